The van der Waals surface area contributed by atoms with Crippen molar-refractivity contribution in [3.63, 3.8) is 0 Å². The molecule has 3 rings (SSSR count). The molecule has 0 aromatic heterocycles. The Morgan fingerprint density at radius 2 is 2.06 bits per heavy atom. The molecule has 2 aliphatic heterocycles. The summed E-state index contributed by atoms with van der Waals surface area (Å²) in [5.41, 5.74) is 1.20. The van der Waals surface area contributed by atoms with E-state index >= 15 is 0 Å². The van der Waals surface area contributed by atoms with Crippen LogP contribution in [-0.2, 0) is 4.74 Å². The maximum absolute atomic E-state index is 5.64. The number of ether oxygens (including phenoxy) is 3. The minimum atomic E-state index is 0.0132. The number of morpholine rings is 1. The predicted molar refractivity (Wildman–Crippen MR) is 63.3 cm³/mol. The Hall–Kier alpha value is -1.26. The van der Waals surface area contributed by atoms with E-state index in [4.69, 9.17) is 14.2 Å². The Morgan fingerprint density at radius 1 is 1.24 bits per heavy atom. The SMILES string of the molecule is CC1(C)COCC(c2ccc3c(c2)OCO3)N1. The summed E-state index contributed by atoms with van der Waals surface area (Å²) >= 11 is 0. The van der Waals surface area contributed by atoms with E-state index in [0.717, 1.165) is 18.1 Å². The second-order valence-corrected chi connectivity index (χ2v) is 5.21. The largest absolute Gasteiger partial charge is 0.454 e. The zero-order valence-corrected chi connectivity index (χ0v) is 10.2. The van der Waals surface area contributed by atoms with Crippen molar-refractivity contribution in [3.05, 3.63) is 23.8 Å². The van der Waals surface area contributed by atoms with Crippen LogP contribution in [0, 0.1) is 0 Å². The Balaban J connectivity index is 1.84. The van der Waals surface area contributed by atoms with E-state index in [0.29, 0.717) is 13.4 Å². The third kappa shape index (κ3) is 2.10. The normalized spacial score (nSPS) is 25.9. The average Bonchev–Trinajstić information content (AvgIpc) is 2.74. The smallest absolute Gasteiger partial charge is 0.231 e. The molecule has 1 unspecified atom stereocenters. The van der Waals surface area contributed by atoms with Gasteiger partial charge in [0, 0.05) is 5.54 Å². The summed E-state index contributed by atoms with van der Waals surface area (Å²) in [5, 5.41) is 3.58. The predicted octanol–water partition coefficient (Wildman–Crippen LogP) is 1.85. The van der Waals surface area contributed by atoms with E-state index in [1.807, 2.05) is 12.1 Å². The standard InChI is InChI=1S/C13H17NO3/c1-13(2)7-15-6-10(14-13)9-3-4-11-12(5-9)17-8-16-11/h3-5,10,14H,6-8H2,1-2H3. The van der Waals surface area contributed by atoms with Gasteiger partial charge in [0.1, 0.15) is 0 Å². The summed E-state index contributed by atoms with van der Waals surface area (Å²) in [6.45, 7) is 6.05. The van der Waals surface area contributed by atoms with Gasteiger partial charge in [-0.25, -0.2) is 0 Å². The van der Waals surface area contributed by atoms with Crippen LogP contribution in [0.4, 0.5) is 0 Å². The van der Waals surface area contributed by atoms with Crippen molar-refractivity contribution < 1.29 is 14.2 Å². The summed E-state index contributed by atoms with van der Waals surface area (Å²) < 4.78 is 16.3. The lowest BCUT2D eigenvalue weighted by Crippen LogP contribution is -2.51. The molecule has 0 bridgehead atoms. The van der Waals surface area contributed by atoms with Crippen molar-refractivity contribution in [2.75, 3.05) is 20.0 Å². The van der Waals surface area contributed by atoms with Crippen LogP contribution in [0.15, 0.2) is 18.2 Å². The van der Waals surface area contributed by atoms with E-state index in [1.54, 1.807) is 0 Å². The Bertz CT molecular complexity index is 431. The minimum Gasteiger partial charge on any atom is -0.454 e. The van der Waals surface area contributed by atoms with Gasteiger partial charge in [-0.15, -0.1) is 0 Å². The average molecular weight is 235 g/mol. The second-order valence-electron chi connectivity index (χ2n) is 5.21. The van der Waals surface area contributed by atoms with Crippen molar-refractivity contribution in [1.29, 1.82) is 0 Å². The van der Waals surface area contributed by atoms with Crippen LogP contribution in [-0.4, -0.2) is 25.5 Å². The van der Waals surface area contributed by atoms with Crippen LogP contribution >= 0.6 is 0 Å². The number of hydrogen-bond acceptors (Lipinski definition) is 4. The Kier molecular flexibility index (Phi) is 2.49. The fourth-order valence-corrected chi connectivity index (χ4v) is 2.30. The quantitative estimate of drug-likeness (QED) is 0.806. The van der Waals surface area contributed by atoms with Crippen LogP contribution in [0.2, 0.25) is 0 Å². The van der Waals surface area contributed by atoms with Crippen LogP contribution in [0.5, 0.6) is 11.5 Å². The highest BCUT2D eigenvalue weighted by Gasteiger charge is 2.29. The fourth-order valence-electron chi connectivity index (χ4n) is 2.30. The molecular formula is C13H17NO3. The molecule has 0 spiro atoms. The first-order valence-electron chi connectivity index (χ1n) is 5.89. The molecule has 2 aliphatic rings. The zero-order chi connectivity index (χ0) is 11.9. The number of fused-ring (bicyclic) bond motifs is 1. The van der Waals surface area contributed by atoms with Gasteiger partial charge < -0.3 is 19.5 Å². The van der Waals surface area contributed by atoms with E-state index in [9.17, 15) is 0 Å². The first-order chi connectivity index (χ1) is 8.14. The first-order valence-corrected chi connectivity index (χ1v) is 5.89. The second kappa shape index (κ2) is 3.89. The minimum absolute atomic E-state index is 0.0132. The highest BCUT2D eigenvalue weighted by molar-refractivity contribution is 5.45. The van der Waals surface area contributed by atoms with Crippen LogP contribution in [0.25, 0.3) is 0 Å². The molecule has 0 saturated carbocycles. The maximum Gasteiger partial charge on any atom is 0.231 e. The molecule has 0 aliphatic carbocycles. The number of benzene rings is 1. The van der Waals surface area contributed by atoms with Gasteiger partial charge in [-0.1, -0.05) is 6.07 Å². The van der Waals surface area contributed by atoms with Gasteiger partial charge in [0.05, 0.1) is 19.3 Å². The first kappa shape index (κ1) is 10.9. The number of rotatable bonds is 1. The summed E-state index contributed by atoms with van der Waals surface area (Å²) in [7, 11) is 0. The highest BCUT2D eigenvalue weighted by atomic mass is 16.7. The molecule has 1 aromatic rings. The van der Waals surface area contributed by atoms with Crippen LogP contribution in [0.1, 0.15) is 25.5 Å². The van der Waals surface area contributed by atoms with E-state index in [1.165, 1.54) is 5.56 Å². The molecule has 0 amide bonds. The number of nitrogens with one attached hydrogen (secondary N) is 1. The van der Waals surface area contributed by atoms with E-state index in [2.05, 4.69) is 25.2 Å². The van der Waals surface area contributed by atoms with Crippen LogP contribution in [0.3, 0.4) is 0 Å². The van der Waals surface area contributed by atoms with Gasteiger partial charge in [0.25, 0.3) is 0 Å². The van der Waals surface area contributed by atoms with Gasteiger partial charge >= 0.3 is 0 Å². The lowest BCUT2D eigenvalue weighted by Gasteiger charge is -2.37. The molecule has 1 saturated heterocycles. The van der Waals surface area contributed by atoms with Crippen molar-refractivity contribution in [3.8, 4) is 11.5 Å². The topological polar surface area (TPSA) is 39.7 Å². The summed E-state index contributed by atoms with van der Waals surface area (Å²) in [5.74, 6) is 1.65. The molecule has 92 valence electrons. The van der Waals surface area contributed by atoms with Gasteiger partial charge in [-0.3, -0.25) is 0 Å². The van der Waals surface area contributed by atoms with E-state index < -0.39 is 0 Å². The molecule has 1 atom stereocenters. The third-order valence-corrected chi connectivity index (χ3v) is 3.11. The fraction of sp³-hybridized carbons (Fsp3) is 0.538. The lowest BCUT2D eigenvalue weighted by molar-refractivity contribution is 0.0127. The molecule has 2 heterocycles. The molecule has 4 heteroatoms. The van der Waals surface area contributed by atoms with E-state index in [-0.39, 0.29) is 11.6 Å². The van der Waals surface area contributed by atoms with Gasteiger partial charge in [0.2, 0.25) is 6.79 Å². The molecular weight excluding hydrogens is 218 g/mol. The van der Waals surface area contributed by atoms with Crippen molar-refractivity contribution in [2.24, 2.45) is 0 Å². The summed E-state index contributed by atoms with van der Waals surface area (Å²) in [4.78, 5) is 0. The van der Waals surface area contributed by atoms with Crippen molar-refractivity contribution in [2.45, 2.75) is 25.4 Å². The van der Waals surface area contributed by atoms with Gasteiger partial charge in [-0.2, -0.15) is 0 Å². The summed E-state index contributed by atoms with van der Waals surface area (Å²) in [6.07, 6.45) is 0. The van der Waals surface area contributed by atoms with Gasteiger partial charge in [-0.05, 0) is 31.5 Å². The number of hydrogen-bond donors (Lipinski definition) is 1. The molecule has 1 N–H and O–H groups in total. The molecule has 1 aromatic carbocycles. The molecule has 4 nitrogen and oxygen atoms in total. The van der Waals surface area contributed by atoms with Gasteiger partial charge in [0.15, 0.2) is 11.5 Å². The maximum atomic E-state index is 5.64. The highest BCUT2D eigenvalue weighted by Crippen LogP contribution is 2.35. The third-order valence-electron chi connectivity index (χ3n) is 3.11. The lowest BCUT2D eigenvalue weighted by atomic mass is 9.98. The molecule has 0 radical (unpaired) electrons. The van der Waals surface area contributed by atoms with Crippen LogP contribution < -0.4 is 14.8 Å². The Labute approximate surface area is 101 Å². The van der Waals surface area contributed by atoms with Crippen molar-refractivity contribution >= 4 is 0 Å². The molecule has 1 fully saturated rings. The molecule has 17 heavy (non-hydrogen) atoms. The Morgan fingerprint density at radius 3 is 2.88 bits per heavy atom. The zero-order valence-electron chi connectivity index (χ0n) is 10.2. The summed E-state index contributed by atoms with van der Waals surface area (Å²) in [6, 6.07) is 6.27. The monoisotopic (exact) mass is 235 g/mol. The van der Waals surface area contributed by atoms with Crippen molar-refractivity contribution in [1.82, 2.24) is 5.32 Å².